The van der Waals surface area contributed by atoms with Gasteiger partial charge in [0.1, 0.15) is 0 Å². The van der Waals surface area contributed by atoms with E-state index in [-0.39, 0.29) is 6.10 Å². The minimum atomic E-state index is -0.185. The smallest absolute Gasteiger partial charge is 0.0555 e. The van der Waals surface area contributed by atoms with Crippen molar-refractivity contribution >= 4 is 0 Å². The summed E-state index contributed by atoms with van der Waals surface area (Å²) >= 11 is 0. The van der Waals surface area contributed by atoms with Gasteiger partial charge in [0, 0.05) is 12.0 Å². The molecule has 2 nitrogen and oxygen atoms in total. The van der Waals surface area contributed by atoms with E-state index in [1.165, 1.54) is 0 Å². The van der Waals surface area contributed by atoms with Crippen molar-refractivity contribution < 1.29 is 5.11 Å². The van der Waals surface area contributed by atoms with E-state index >= 15 is 0 Å². The number of aliphatic hydroxyl groups is 1. The molecule has 7 heavy (non-hydrogen) atoms. The van der Waals surface area contributed by atoms with Gasteiger partial charge in [-0.05, 0) is 13.3 Å². The van der Waals surface area contributed by atoms with Crippen molar-refractivity contribution in [3.63, 3.8) is 0 Å². The lowest BCUT2D eigenvalue weighted by atomic mass is 10.3. The van der Waals surface area contributed by atoms with E-state index in [2.05, 4.69) is 0 Å². The average molecular weight is 101 g/mol. The zero-order valence-electron chi connectivity index (χ0n) is 4.46. The largest absolute Gasteiger partial charge is 0.393 e. The summed E-state index contributed by atoms with van der Waals surface area (Å²) in [4.78, 5) is 0. The van der Waals surface area contributed by atoms with Crippen LogP contribution in [0.2, 0.25) is 0 Å². The molecule has 3 atom stereocenters. The van der Waals surface area contributed by atoms with E-state index < -0.39 is 0 Å². The van der Waals surface area contributed by atoms with Gasteiger partial charge in [0.2, 0.25) is 0 Å². The quantitative estimate of drug-likeness (QED) is 0.477. The molecule has 0 amide bonds. The lowest BCUT2D eigenvalue weighted by Crippen LogP contribution is -2.11. The van der Waals surface area contributed by atoms with Crippen LogP contribution in [-0.4, -0.2) is 17.3 Å². The summed E-state index contributed by atoms with van der Waals surface area (Å²) in [5.41, 5.74) is 5.41. The van der Waals surface area contributed by atoms with Crippen molar-refractivity contribution in [1.82, 2.24) is 0 Å². The number of rotatable bonds is 1. The molecule has 0 heterocycles. The summed E-state index contributed by atoms with van der Waals surface area (Å²) in [7, 11) is 0. The van der Waals surface area contributed by atoms with Crippen molar-refractivity contribution in [2.24, 2.45) is 11.7 Å². The minimum absolute atomic E-state index is 0.185. The molecule has 0 aromatic rings. The maximum atomic E-state index is 8.78. The summed E-state index contributed by atoms with van der Waals surface area (Å²) in [6.45, 7) is 1.79. The Morgan fingerprint density at radius 2 is 2.29 bits per heavy atom. The fraction of sp³-hybridized carbons (Fsp3) is 1.00. The van der Waals surface area contributed by atoms with Gasteiger partial charge in [-0.3, -0.25) is 0 Å². The Hall–Kier alpha value is -0.0800. The average Bonchev–Trinajstić information content (AvgIpc) is 2.17. The molecule has 0 aliphatic heterocycles. The second kappa shape index (κ2) is 1.46. The highest BCUT2D eigenvalue weighted by molar-refractivity contribution is 4.92. The van der Waals surface area contributed by atoms with Crippen LogP contribution >= 0.6 is 0 Å². The molecule has 1 fully saturated rings. The van der Waals surface area contributed by atoms with Gasteiger partial charge >= 0.3 is 0 Å². The molecule has 0 unspecified atom stereocenters. The number of hydrogen-bond acceptors (Lipinski definition) is 2. The molecule has 0 aromatic heterocycles. The standard InChI is InChI=1S/C5H11NO/c1-3(7)4-2-5(4)6/h3-5,7H,2,6H2,1H3/t3-,4-,5+/m1/s1. The lowest BCUT2D eigenvalue weighted by molar-refractivity contribution is 0.169. The van der Waals surface area contributed by atoms with Crippen LogP contribution in [0.5, 0.6) is 0 Å². The summed E-state index contributed by atoms with van der Waals surface area (Å²) < 4.78 is 0. The Kier molecular flexibility index (Phi) is 1.05. The third-order valence-corrected chi connectivity index (χ3v) is 1.51. The summed E-state index contributed by atoms with van der Waals surface area (Å²) in [5.74, 6) is 0.403. The molecule has 0 radical (unpaired) electrons. The van der Waals surface area contributed by atoms with Crippen molar-refractivity contribution in [3.8, 4) is 0 Å². The normalized spacial score (nSPS) is 43.3. The molecule has 1 aliphatic rings. The maximum Gasteiger partial charge on any atom is 0.0555 e. The second-order valence-corrected chi connectivity index (χ2v) is 2.30. The maximum absolute atomic E-state index is 8.78. The predicted octanol–water partition coefficient (Wildman–Crippen LogP) is -0.286. The Labute approximate surface area is 43.3 Å². The van der Waals surface area contributed by atoms with Gasteiger partial charge in [-0.15, -0.1) is 0 Å². The summed E-state index contributed by atoms with van der Waals surface area (Å²) in [6.07, 6.45) is 0.826. The van der Waals surface area contributed by atoms with E-state index in [0.717, 1.165) is 6.42 Å². The van der Waals surface area contributed by atoms with Crippen molar-refractivity contribution in [2.45, 2.75) is 25.5 Å². The highest BCUT2D eigenvalue weighted by Crippen LogP contribution is 2.30. The third kappa shape index (κ3) is 0.924. The molecule has 42 valence electrons. The molecule has 3 N–H and O–H groups in total. The van der Waals surface area contributed by atoms with Gasteiger partial charge < -0.3 is 10.8 Å². The number of hydrogen-bond donors (Lipinski definition) is 2. The first-order valence-corrected chi connectivity index (χ1v) is 2.65. The van der Waals surface area contributed by atoms with Crippen LogP contribution < -0.4 is 5.73 Å². The van der Waals surface area contributed by atoms with Crippen molar-refractivity contribution in [3.05, 3.63) is 0 Å². The van der Waals surface area contributed by atoms with Crippen molar-refractivity contribution in [1.29, 1.82) is 0 Å². The first kappa shape index (κ1) is 5.06. The molecule has 1 aliphatic carbocycles. The van der Waals surface area contributed by atoms with Crippen LogP contribution in [0.1, 0.15) is 13.3 Å². The van der Waals surface area contributed by atoms with Crippen LogP contribution in [0.25, 0.3) is 0 Å². The third-order valence-electron chi connectivity index (χ3n) is 1.51. The molecular formula is C5H11NO. The second-order valence-electron chi connectivity index (χ2n) is 2.30. The molecular weight excluding hydrogens is 90.1 g/mol. The summed E-state index contributed by atoms with van der Waals surface area (Å²) in [6, 6.07) is 0.292. The zero-order valence-corrected chi connectivity index (χ0v) is 4.46. The van der Waals surface area contributed by atoms with E-state index in [4.69, 9.17) is 10.8 Å². The molecule has 1 rings (SSSR count). The first-order chi connectivity index (χ1) is 3.22. The Balaban J connectivity index is 2.20. The van der Waals surface area contributed by atoms with Gasteiger partial charge in [0.25, 0.3) is 0 Å². The van der Waals surface area contributed by atoms with Crippen LogP contribution in [0.3, 0.4) is 0 Å². The summed E-state index contributed by atoms with van der Waals surface area (Å²) in [5, 5.41) is 8.78. The van der Waals surface area contributed by atoms with Crippen LogP contribution in [0.4, 0.5) is 0 Å². The topological polar surface area (TPSA) is 46.2 Å². The number of aliphatic hydroxyl groups excluding tert-OH is 1. The highest BCUT2D eigenvalue weighted by atomic mass is 16.3. The van der Waals surface area contributed by atoms with Gasteiger partial charge in [0.15, 0.2) is 0 Å². The molecule has 0 aromatic carbocycles. The molecule has 0 spiro atoms. The van der Waals surface area contributed by atoms with Crippen LogP contribution in [0, 0.1) is 5.92 Å². The first-order valence-electron chi connectivity index (χ1n) is 2.65. The van der Waals surface area contributed by atoms with Gasteiger partial charge in [-0.1, -0.05) is 0 Å². The Morgan fingerprint density at radius 3 is 2.29 bits per heavy atom. The fourth-order valence-corrected chi connectivity index (χ4v) is 0.790. The lowest BCUT2D eigenvalue weighted by Gasteiger charge is -1.96. The minimum Gasteiger partial charge on any atom is -0.393 e. The van der Waals surface area contributed by atoms with E-state index in [1.54, 1.807) is 6.92 Å². The Bertz CT molecular complexity index is 72.5. The molecule has 0 bridgehead atoms. The van der Waals surface area contributed by atoms with Crippen molar-refractivity contribution in [2.75, 3.05) is 0 Å². The van der Waals surface area contributed by atoms with Crippen LogP contribution in [0.15, 0.2) is 0 Å². The molecule has 1 saturated carbocycles. The van der Waals surface area contributed by atoms with Gasteiger partial charge in [-0.25, -0.2) is 0 Å². The van der Waals surface area contributed by atoms with E-state index in [9.17, 15) is 0 Å². The van der Waals surface area contributed by atoms with Gasteiger partial charge in [0.05, 0.1) is 6.10 Å². The van der Waals surface area contributed by atoms with Gasteiger partial charge in [-0.2, -0.15) is 0 Å². The van der Waals surface area contributed by atoms with E-state index in [0.29, 0.717) is 12.0 Å². The predicted molar refractivity (Wildman–Crippen MR) is 27.8 cm³/mol. The zero-order chi connectivity index (χ0) is 5.44. The van der Waals surface area contributed by atoms with E-state index in [1.807, 2.05) is 0 Å². The Morgan fingerprint density at radius 1 is 1.86 bits per heavy atom. The molecule has 0 saturated heterocycles. The highest BCUT2D eigenvalue weighted by Gasteiger charge is 2.36. The molecule has 2 heteroatoms. The SMILES string of the molecule is C[C@@H](O)[C@H]1C[C@@H]1N. The van der Waals surface area contributed by atoms with Crippen LogP contribution in [-0.2, 0) is 0 Å². The number of nitrogens with two attached hydrogens (primary N) is 1. The monoisotopic (exact) mass is 101 g/mol. The fourth-order valence-electron chi connectivity index (χ4n) is 0.790.